The maximum Gasteiger partial charge on any atom is 0.358 e. The number of aromatic nitrogens is 3. The lowest BCUT2D eigenvalue weighted by atomic mass is 10.1. The minimum atomic E-state index is -1.10. The van der Waals surface area contributed by atoms with Crippen molar-refractivity contribution in [3.63, 3.8) is 0 Å². The van der Waals surface area contributed by atoms with Crippen LogP contribution in [0.3, 0.4) is 0 Å². The van der Waals surface area contributed by atoms with Gasteiger partial charge in [0.2, 0.25) is 0 Å². The number of hydrogen-bond donors (Lipinski definition) is 2. The van der Waals surface area contributed by atoms with Gasteiger partial charge in [-0.1, -0.05) is 12.1 Å². The first-order chi connectivity index (χ1) is 10.0. The van der Waals surface area contributed by atoms with E-state index in [0.29, 0.717) is 13.1 Å². The standard InChI is InChI=1S/C12H19N5O3S/c1-3-8(7-21-2)13-12(20)16-4-9(5-16)17-6-10(11(18)19)14-15-17/h6,8-9H,3-5,7H2,1-2H3,(H,13,20)(H,18,19). The van der Waals surface area contributed by atoms with Gasteiger partial charge < -0.3 is 15.3 Å². The molecule has 21 heavy (non-hydrogen) atoms. The van der Waals surface area contributed by atoms with Gasteiger partial charge in [0.25, 0.3) is 0 Å². The summed E-state index contributed by atoms with van der Waals surface area (Å²) in [6, 6.07) is 0.0965. The maximum absolute atomic E-state index is 12.0. The Balaban J connectivity index is 1.82. The van der Waals surface area contributed by atoms with E-state index in [1.54, 1.807) is 16.7 Å². The molecule has 8 nitrogen and oxygen atoms in total. The van der Waals surface area contributed by atoms with E-state index < -0.39 is 5.97 Å². The van der Waals surface area contributed by atoms with Crippen LogP contribution in [0.1, 0.15) is 29.9 Å². The molecule has 1 atom stereocenters. The maximum atomic E-state index is 12.0. The second kappa shape index (κ2) is 6.79. The molecule has 0 aromatic carbocycles. The van der Waals surface area contributed by atoms with Gasteiger partial charge in [0, 0.05) is 24.9 Å². The highest BCUT2D eigenvalue weighted by Gasteiger charge is 2.33. The number of amides is 2. The Morgan fingerprint density at radius 3 is 2.81 bits per heavy atom. The van der Waals surface area contributed by atoms with Crippen molar-refractivity contribution in [3.05, 3.63) is 11.9 Å². The van der Waals surface area contributed by atoms with Gasteiger partial charge in [0.1, 0.15) is 0 Å². The third-order valence-electron chi connectivity index (χ3n) is 3.44. The third-order valence-corrected chi connectivity index (χ3v) is 4.18. The van der Waals surface area contributed by atoms with Crippen LogP contribution in [0.5, 0.6) is 0 Å². The first kappa shape index (κ1) is 15.6. The molecule has 0 spiro atoms. The predicted molar refractivity (Wildman–Crippen MR) is 78.6 cm³/mol. The molecule has 1 saturated heterocycles. The van der Waals surface area contributed by atoms with Crippen molar-refractivity contribution in [1.29, 1.82) is 0 Å². The summed E-state index contributed by atoms with van der Waals surface area (Å²) in [6.07, 6.45) is 4.30. The molecular weight excluding hydrogens is 294 g/mol. The number of hydrogen-bond acceptors (Lipinski definition) is 5. The summed E-state index contributed by atoms with van der Waals surface area (Å²) in [4.78, 5) is 24.5. The van der Waals surface area contributed by atoms with E-state index in [4.69, 9.17) is 5.11 Å². The van der Waals surface area contributed by atoms with Gasteiger partial charge in [-0.15, -0.1) is 5.10 Å². The zero-order valence-electron chi connectivity index (χ0n) is 12.0. The van der Waals surface area contributed by atoms with Crippen molar-refractivity contribution >= 4 is 23.8 Å². The Hall–Kier alpha value is -1.77. The van der Waals surface area contributed by atoms with E-state index in [9.17, 15) is 9.59 Å². The molecule has 1 aromatic heterocycles. The fourth-order valence-corrected chi connectivity index (χ4v) is 2.79. The van der Waals surface area contributed by atoms with Crippen LogP contribution in [0.15, 0.2) is 6.20 Å². The number of carboxylic acids is 1. The Morgan fingerprint density at radius 1 is 1.57 bits per heavy atom. The summed E-state index contributed by atoms with van der Waals surface area (Å²) in [6.45, 7) is 3.08. The summed E-state index contributed by atoms with van der Waals surface area (Å²) in [7, 11) is 0. The molecule has 0 bridgehead atoms. The van der Waals surface area contributed by atoms with Crippen LogP contribution in [0, 0.1) is 0 Å². The smallest absolute Gasteiger partial charge is 0.358 e. The van der Waals surface area contributed by atoms with E-state index in [1.807, 2.05) is 13.2 Å². The Labute approximate surface area is 126 Å². The molecule has 1 aliphatic heterocycles. The fraction of sp³-hybridized carbons (Fsp3) is 0.667. The number of rotatable bonds is 6. The fourth-order valence-electron chi connectivity index (χ4n) is 2.07. The minimum Gasteiger partial charge on any atom is -0.476 e. The molecule has 1 aliphatic rings. The topological polar surface area (TPSA) is 100 Å². The summed E-state index contributed by atoms with van der Waals surface area (Å²) in [5, 5.41) is 19.1. The van der Waals surface area contributed by atoms with E-state index >= 15 is 0 Å². The third kappa shape index (κ3) is 3.66. The van der Waals surface area contributed by atoms with Crippen molar-refractivity contribution in [2.75, 3.05) is 25.1 Å². The molecule has 1 aromatic rings. The van der Waals surface area contributed by atoms with Gasteiger partial charge in [0.15, 0.2) is 5.69 Å². The van der Waals surface area contributed by atoms with Crippen molar-refractivity contribution in [1.82, 2.24) is 25.2 Å². The lowest BCUT2D eigenvalue weighted by Gasteiger charge is -2.39. The minimum absolute atomic E-state index is 0.00280. The number of likely N-dealkylation sites (tertiary alicyclic amines) is 1. The van der Waals surface area contributed by atoms with E-state index in [1.165, 1.54) is 10.9 Å². The molecule has 0 saturated carbocycles. The van der Waals surface area contributed by atoms with E-state index in [0.717, 1.165) is 12.2 Å². The lowest BCUT2D eigenvalue weighted by Crippen LogP contribution is -2.56. The zero-order valence-corrected chi connectivity index (χ0v) is 12.8. The Bertz CT molecular complexity index is 515. The summed E-state index contributed by atoms with van der Waals surface area (Å²) in [5.41, 5.74) is -0.0797. The zero-order chi connectivity index (χ0) is 15.4. The number of nitrogens with one attached hydrogen (secondary N) is 1. The molecule has 2 rings (SSSR count). The normalized spacial score (nSPS) is 16.4. The first-order valence-corrected chi connectivity index (χ1v) is 8.14. The second-order valence-corrected chi connectivity index (χ2v) is 5.87. The number of aromatic carboxylic acids is 1. The molecule has 9 heteroatoms. The molecule has 2 amide bonds. The largest absolute Gasteiger partial charge is 0.476 e. The molecule has 2 heterocycles. The molecule has 2 N–H and O–H groups in total. The quantitative estimate of drug-likeness (QED) is 0.801. The average molecular weight is 313 g/mol. The SMILES string of the molecule is CCC(CSC)NC(=O)N1CC(n2cc(C(=O)O)nn2)C1. The Kier molecular flexibility index (Phi) is 5.05. The number of carbonyl (C=O) groups excluding carboxylic acids is 1. The number of urea groups is 1. The van der Waals surface area contributed by atoms with Gasteiger partial charge in [0.05, 0.1) is 12.2 Å². The van der Waals surface area contributed by atoms with Crippen LogP contribution in [0.25, 0.3) is 0 Å². The number of carbonyl (C=O) groups is 2. The van der Waals surface area contributed by atoms with Crippen LogP contribution in [-0.4, -0.2) is 68.1 Å². The summed E-state index contributed by atoms with van der Waals surface area (Å²) < 4.78 is 1.51. The molecule has 0 radical (unpaired) electrons. The number of nitrogens with zero attached hydrogens (tertiary/aromatic N) is 4. The van der Waals surface area contributed by atoms with Crippen molar-refractivity contribution < 1.29 is 14.7 Å². The van der Waals surface area contributed by atoms with Crippen LogP contribution in [0.2, 0.25) is 0 Å². The molecule has 0 aliphatic carbocycles. The van der Waals surface area contributed by atoms with Crippen molar-refractivity contribution in [2.45, 2.75) is 25.4 Å². The van der Waals surface area contributed by atoms with Gasteiger partial charge in [-0.25, -0.2) is 14.3 Å². The highest BCUT2D eigenvalue weighted by atomic mass is 32.2. The van der Waals surface area contributed by atoms with Crippen molar-refractivity contribution in [3.8, 4) is 0 Å². The predicted octanol–water partition coefficient (Wildman–Crippen LogP) is 0.684. The van der Waals surface area contributed by atoms with Crippen LogP contribution >= 0.6 is 11.8 Å². The summed E-state index contributed by atoms with van der Waals surface area (Å²) >= 11 is 1.71. The molecule has 116 valence electrons. The number of carboxylic acid groups (broad SMARTS) is 1. The van der Waals surface area contributed by atoms with Crippen LogP contribution in [-0.2, 0) is 0 Å². The summed E-state index contributed by atoms with van der Waals surface area (Å²) in [5.74, 6) is -0.206. The molecular formula is C12H19N5O3S. The van der Waals surface area contributed by atoms with E-state index in [2.05, 4.69) is 15.6 Å². The second-order valence-electron chi connectivity index (χ2n) is 4.96. The van der Waals surface area contributed by atoms with Crippen LogP contribution < -0.4 is 5.32 Å². The first-order valence-electron chi connectivity index (χ1n) is 6.74. The van der Waals surface area contributed by atoms with Crippen molar-refractivity contribution in [2.24, 2.45) is 0 Å². The molecule has 1 fully saturated rings. The van der Waals surface area contributed by atoms with Gasteiger partial charge in [-0.3, -0.25) is 0 Å². The lowest BCUT2D eigenvalue weighted by molar-refractivity contribution is 0.0690. The highest BCUT2D eigenvalue weighted by molar-refractivity contribution is 7.98. The van der Waals surface area contributed by atoms with Gasteiger partial charge >= 0.3 is 12.0 Å². The van der Waals surface area contributed by atoms with Gasteiger partial charge in [-0.2, -0.15) is 11.8 Å². The van der Waals surface area contributed by atoms with E-state index in [-0.39, 0.29) is 23.8 Å². The molecule has 1 unspecified atom stereocenters. The average Bonchev–Trinajstić information content (AvgIpc) is 2.86. The Morgan fingerprint density at radius 2 is 2.29 bits per heavy atom. The number of thioether (sulfide) groups is 1. The highest BCUT2D eigenvalue weighted by Crippen LogP contribution is 2.20. The van der Waals surface area contributed by atoms with Gasteiger partial charge in [-0.05, 0) is 12.7 Å². The monoisotopic (exact) mass is 313 g/mol. The van der Waals surface area contributed by atoms with Crippen LogP contribution in [0.4, 0.5) is 4.79 Å².